The zero-order chi connectivity index (χ0) is 17.7. The number of hydrogen-bond acceptors (Lipinski definition) is 5. The van der Waals surface area contributed by atoms with E-state index in [-0.39, 0.29) is 0 Å². The summed E-state index contributed by atoms with van der Waals surface area (Å²) in [6, 6.07) is 5.28. The minimum absolute atomic E-state index is 0.398. The average Bonchev–Trinajstić information content (AvgIpc) is 2.35. The maximum Gasteiger partial charge on any atom is 0.407 e. The summed E-state index contributed by atoms with van der Waals surface area (Å²) in [5.41, 5.74) is 6.70. The van der Waals surface area contributed by atoms with Crippen molar-refractivity contribution >= 4 is 21.5 Å². The molecule has 0 fully saturated rings. The van der Waals surface area contributed by atoms with Gasteiger partial charge in [0.05, 0.1) is 21.2 Å². The Kier molecular flexibility index (Phi) is 6.44. The molecule has 0 bridgehead atoms. The van der Waals surface area contributed by atoms with E-state index in [1.54, 1.807) is 24.5 Å². The van der Waals surface area contributed by atoms with E-state index < -0.39 is 21.4 Å². The van der Waals surface area contributed by atoms with Gasteiger partial charge in [0.15, 0.2) is 0 Å². The maximum absolute atomic E-state index is 12.7. The molecule has 6 nitrogen and oxygen atoms in total. The number of alkyl carbamates (subject to hydrolysis) is 1. The summed E-state index contributed by atoms with van der Waals surface area (Å²) >= 11 is 0. The second kappa shape index (κ2) is 7.68. The second-order valence-corrected chi connectivity index (χ2v) is 8.77. The molecule has 1 aromatic carbocycles. The van der Waals surface area contributed by atoms with E-state index in [1.807, 2.05) is 27.7 Å². The van der Waals surface area contributed by atoms with E-state index in [4.69, 9.17) is 10.5 Å². The summed E-state index contributed by atoms with van der Waals surface area (Å²) in [4.78, 5) is 12.2. The van der Waals surface area contributed by atoms with Crippen LogP contribution in [-0.4, -0.2) is 35.2 Å². The third-order valence-corrected chi connectivity index (χ3v) is 4.90. The summed E-state index contributed by atoms with van der Waals surface area (Å²) in [5, 5.41) is 2.65. The van der Waals surface area contributed by atoms with Gasteiger partial charge in [-0.1, -0.05) is 0 Å². The van der Waals surface area contributed by atoms with Gasteiger partial charge in [-0.2, -0.15) is 0 Å². The molecular weight excluding hydrogens is 314 g/mol. The highest BCUT2D eigenvalue weighted by molar-refractivity contribution is 7.93. The van der Waals surface area contributed by atoms with Crippen molar-refractivity contribution in [3.05, 3.63) is 23.8 Å². The van der Waals surface area contributed by atoms with Crippen molar-refractivity contribution < 1.29 is 13.7 Å². The molecule has 0 saturated heterocycles. The van der Waals surface area contributed by atoms with Crippen LogP contribution in [0.25, 0.3) is 0 Å². The van der Waals surface area contributed by atoms with Crippen LogP contribution in [0.2, 0.25) is 0 Å². The molecule has 130 valence electrons. The maximum atomic E-state index is 12.7. The lowest BCUT2D eigenvalue weighted by Crippen LogP contribution is -2.33. The standard InChI is InChI=1S/C16H27N3O3S/c1-12-11-13(17)7-8-14(12)23(5,21)19-10-6-9-18-15(20)22-16(2,3)4/h7-8,11H,6,9-10,17H2,1-5H3,(H,18,20). The van der Waals surface area contributed by atoms with Gasteiger partial charge in [-0.25, -0.2) is 13.4 Å². The number of nitrogens with two attached hydrogens (primary N) is 1. The van der Waals surface area contributed by atoms with Crippen molar-refractivity contribution in [3.63, 3.8) is 0 Å². The average molecular weight is 341 g/mol. The number of anilines is 1. The summed E-state index contributed by atoms with van der Waals surface area (Å²) < 4.78 is 22.1. The largest absolute Gasteiger partial charge is 0.444 e. The highest BCUT2D eigenvalue weighted by Gasteiger charge is 2.15. The predicted octanol–water partition coefficient (Wildman–Crippen LogP) is 2.95. The van der Waals surface area contributed by atoms with Crippen LogP contribution in [0, 0.1) is 6.92 Å². The lowest BCUT2D eigenvalue weighted by atomic mass is 10.2. The fourth-order valence-electron chi connectivity index (χ4n) is 1.99. The molecule has 1 unspecified atom stereocenters. The normalized spacial score (nSPS) is 14.0. The molecular formula is C16H27N3O3S. The number of nitrogens with zero attached hydrogens (tertiary/aromatic N) is 1. The highest BCUT2D eigenvalue weighted by Crippen LogP contribution is 2.19. The SMILES string of the molecule is Cc1cc(N)ccc1S(C)(=O)=NCCCNC(=O)OC(C)(C)C. The summed E-state index contributed by atoms with van der Waals surface area (Å²) in [6.45, 7) is 8.12. The van der Waals surface area contributed by atoms with Crippen molar-refractivity contribution in [1.82, 2.24) is 5.32 Å². The number of rotatable bonds is 5. The fraction of sp³-hybridized carbons (Fsp3) is 0.562. The van der Waals surface area contributed by atoms with Gasteiger partial charge < -0.3 is 15.8 Å². The summed E-state index contributed by atoms with van der Waals surface area (Å²) in [5.74, 6) is 0. The molecule has 23 heavy (non-hydrogen) atoms. The fourth-order valence-corrected chi connectivity index (χ4v) is 3.58. The number of nitrogens with one attached hydrogen (secondary N) is 1. The number of carbonyl (C=O) groups is 1. The van der Waals surface area contributed by atoms with Gasteiger partial charge in [-0.3, -0.25) is 0 Å². The Bertz CT molecular complexity index is 672. The van der Waals surface area contributed by atoms with E-state index in [0.29, 0.717) is 30.1 Å². The zero-order valence-corrected chi connectivity index (χ0v) is 15.3. The van der Waals surface area contributed by atoms with Crippen LogP contribution in [0.15, 0.2) is 27.5 Å². The second-order valence-electron chi connectivity index (χ2n) is 6.46. The number of hydrogen-bond donors (Lipinski definition) is 2. The van der Waals surface area contributed by atoms with Crippen LogP contribution in [0.1, 0.15) is 32.8 Å². The quantitative estimate of drug-likeness (QED) is 0.636. The Morgan fingerprint density at radius 1 is 1.39 bits per heavy atom. The van der Waals surface area contributed by atoms with Gasteiger partial charge in [0, 0.05) is 18.5 Å². The lowest BCUT2D eigenvalue weighted by Gasteiger charge is -2.19. The third kappa shape index (κ3) is 6.90. The number of ether oxygens (including phenoxy) is 1. The van der Waals surface area contributed by atoms with Crippen LogP contribution in [-0.2, 0) is 14.5 Å². The number of benzene rings is 1. The van der Waals surface area contributed by atoms with Gasteiger partial charge in [0.25, 0.3) is 0 Å². The molecule has 0 aromatic heterocycles. The van der Waals surface area contributed by atoms with Crippen LogP contribution < -0.4 is 11.1 Å². The van der Waals surface area contributed by atoms with Crippen LogP contribution in [0.3, 0.4) is 0 Å². The Morgan fingerprint density at radius 2 is 2.04 bits per heavy atom. The molecule has 0 aliphatic heterocycles. The number of aryl methyl sites for hydroxylation is 1. The van der Waals surface area contributed by atoms with Gasteiger partial charge in [0.2, 0.25) is 0 Å². The van der Waals surface area contributed by atoms with Gasteiger partial charge in [0.1, 0.15) is 5.60 Å². The van der Waals surface area contributed by atoms with Crippen molar-refractivity contribution in [2.75, 3.05) is 25.1 Å². The monoisotopic (exact) mass is 341 g/mol. The molecule has 0 saturated carbocycles. The Hall–Kier alpha value is -1.76. The third-order valence-electron chi connectivity index (χ3n) is 2.95. The van der Waals surface area contributed by atoms with Crippen molar-refractivity contribution in [2.45, 2.75) is 44.6 Å². The molecule has 0 aliphatic rings. The van der Waals surface area contributed by atoms with Crippen LogP contribution in [0.5, 0.6) is 0 Å². The van der Waals surface area contributed by atoms with Gasteiger partial charge >= 0.3 is 6.09 Å². The number of carbonyl (C=O) groups excluding carboxylic acids is 1. The molecule has 3 N–H and O–H groups in total. The van der Waals surface area contributed by atoms with E-state index in [9.17, 15) is 9.00 Å². The molecule has 1 aromatic rings. The first kappa shape index (κ1) is 19.3. The van der Waals surface area contributed by atoms with E-state index in [2.05, 4.69) is 9.68 Å². The Labute approximate surface area is 139 Å². The molecule has 1 amide bonds. The number of nitrogen functional groups attached to an aromatic ring is 1. The predicted molar refractivity (Wildman–Crippen MR) is 94.1 cm³/mol. The first-order valence-corrected chi connectivity index (χ1v) is 9.44. The van der Waals surface area contributed by atoms with Gasteiger partial charge in [-0.05, 0) is 57.9 Å². The molecule has 1 rings (SSSR count). The van der Waals surface area contributed by atoms with Gasteiger partial charge in [-0.15, -0.1) is 0 Å². The molecule has 0 spiro atoms. The van der Waals surface area contributed by atoms with E-state index in [1.165, 1.54) is 0 Å². The molecule has 0 heterocycles. The van der Waals surface area contributed by atoms with Crippen LogP contribution in [0.4, 0.5) is 10.5 Å². The van der Waals surface area contributed by atoms with Crippen molar-refractivity contribution in [2.24, 2.45) is 4.36 Å². The summed E-state index contributed by atoms with van der Waals surface area (Å²) in [7, 11) is -2.46. The molecule has 1 atom stereocenters. The lowest BCUT2D eigenvalue weighted by molar-refractivity contribution is 0.0527. The minimum Gasteiger partial charge on any atom is -0.444 e. The van der Waals surface area contributed by atoms with Crippen LogP contribution >= 0.6 is 0 Å². The summed E-state index contributed by atoms with van der Waals surface area (Å²) in [6.07, 6.45) is 1.76. The molecule has 0 aliphatic carbocycles. The van der Waals surface area contributed by atoms with E-state index in [0.717, 1.165) is 5.56 Å². The first-order chi connectivity index (χ1) is 10.5. The molecule has 7 heteroatoms. The number of amides is 1. The topological polar surface area (TPSA) is 93.8 Å². The first-order valence-electron chi connectivity index (χ1n) is 7.52. The Balaban J connectivity index is 2.54. The van der Waals surface area contributed by atoms with Crippen molar-refractivity contribution in [3.8, 4) is 0 Å². The Morgan fingerprint density at radius 3 is 2.61 bits per heavy atom. The molecule has 0 radical (unpaired) electrons. The smallest absolute Gasteiger partial charge is 0.407 e. The highest BCUT2D eigenvalue weighted by atomic mass is 32.2. The zero-order valence-electron chi connectivity index (χ0n) is 14.5. The van der Waals surface area contributed by atoms with E-state index >= 15 is 0 Å². The minimum atomic E-state index is -2.46. The van der Waals surface area contributed by atoms with Crippen molar-refractivity contribution in [1.29, 1.82) is 0 Å².